The van der Waals surface area contributed by atoms with Crippen LogP contribution in [0.2, 0.25) is 0 Å². The summed E-state index contributed by atoms with van der Waals surface area (Å²) in [6.07, 6.45) is 2.60. The Morgan fingerprint density at radius 3 is 2.71 bits per heavy atom. The Kier molecular flexibility index (Phi) is 5.99. The minimum Gasteiger partial charge on any atom is -0.497 e. The lowest BCUT2D eigenvalue weighted by Crippen LogP contribution is -2.34. The van der Waals surface area contributed by atoms with Gasteiger partial charge in [-0.2, -0.15) is 0 Å². The van der Waals surface area contributed by atoms with Gasteiger partial charge in [-0.05, 0) is 54.8 Å². The van der Waals surface area contributed by atoms with Crippen LogP contribution >= 0.6 is 0 Å². The number of benzene rings is 3. The van der Waals surface area contributed by atoms with Crippen LogP contribution in [-0.4, -0.2) is 38.2 Å². The van der Waals surface area contributed by atoms with Crippen LogP contribution in [0.3, 0.4) is 0 Å². The summed E-state index contributed by atoms with van der Waals surface area (Å²) in [5.41, 5.74) is 4.45. The third-order valence-corrected chi connectivity index (χ3v) is 6.28. The van der Waals surface area contributed by atoms with E-state index in [0.29, 0.717) is 30.3 Å². The van der Waals surface area contributed by atoms with E-state index in [4.69, 9.17) is 18.9 Å². The molecule has 2 aliphatic rings. The number of hydrogen-bond acceptors (Lipinski definition) is 6. The third-order valence-electron chi connectivity index (χ3n) is 6.28. The third kappa shape index (κ3) is 4.13. The van der Waals surface area contributed by atoms with E-state index in [1.165, 1.54) is 0 Å². The molecular weight excluding hydrogens is 430 g/mol. The summed E-state index contributed by atoms with van der Waals surface area (Å²) in [6.45, 7) is 3.97. The van der Waals surface area contributed by atoms with Crippen molar-refractivity contribution in [2.24, 2.45) is 0 Å². The predicted molar refractivity (Wildman–Crippen MR) is 130 cm³/mol. The minimum absolute atomic E-state index is 0.116. The lowest BCUT2D eigenvalue weighted by Gasteiger charge is -2.30. The highest BCUT2D eigenvalue weighted by molar-refractivity contribution is 6.15. The molecule has 3 aromatic carbocycles. The maximum absolute atomic E-state index is 13.2. The maximum Gasteiger partial charge on any atom is 0.231 e. The van der Waals surface area contributed by atoms with E-state index in [9.17, 15) is 4.79 Å². The van der Waals surface area contributed by atoms with Crippen LogP contribution in [0.25, 0.3) is 6.08 Å². The van der Waals surface area contributed by atoms with Gasteiger partial charge < -0.3 is 18.9 Å². The summed E-state index contributed by atoms with van der Waals surface area (Å²) < 4.78 is 22.9. The van der Waals surface area contributed by atoms with Crippen molar-refractivity contribution < 1.29 is 23.7 Å². The lowest BCUT2D eigenvalue weighted by atomic mass is 9.99. The number of ether oxygens (including phenoxy) is 4. The molecule has 5 rings (SSSR count). The molecule has 0 aromatic heterocycles. The van der Waals surface area contributed by atoms with E-state index in [1.54, 1.807) is 20.3 Å². The molecule has 0 amide bonds. The number of rotatable bonds is 6. The number of carbonyl (C=O) groups is 1. The van der Waals surface area contributed by atoms with Gasteiger partial charge in [0.1, 0.15) is 29.7 Å². The largest absolute Gasteiger partial charge is 0.497 e. The van der Waals surface area contributed by atoms with E-state index < -0.39 is 0 Å². The van der Waals surface area contributed by atoms with Crippen molar-refractivity contribution in [2.45, 2.75) is 19.9 Å². The second-order valence-electron chi connectivity index (χ2n) is 8.47. The molecule has 0 atom stereocenters. The van der Waals surface area contributed by atoms with Gasteiger partial charge >= 0.3 is 0 Å². The summed E-state index contributed by atoms with van der Waals surface area (Å²) in [7, 11) is 3.31. The molecule has 6 heteroatoms. The molecule has 6 nitrogen and oxygen atoms in total. The smallest absolute Gasteiger partial charge is 0.231 e. The van der Waals surface area contributed by atoms with Gasteiger partial charge in [-0.15, -0.1) is 0 Å². The van der Waals surface area contributed by atoms with E-state index >= 15 is 0 Å². The number of nitrogens with zero attached hydrogens (tertiary/aromatic N) is 1. The van der Waals surface area contributed by atoms with Gasteiger partial charge in [0.2, 0.25) is 5.78 Å². The summed E-state index contributed by atoms with van der Waals surface area (Å²) in [6, 6.07) is 17.5. The van der Waals surface area contributed by atoms with Crippen molar-refractivity contribution in [2.75, 3.05) is 27.5 Å². The molecule has 2 heterocycles. The monoisotopic (exact) mass is 457 g/mol. The highest BCUT2D eigenvalue weighted by Crippen LogP contribution is 2.43. The molecule has 0 saturated carbocycles. The predicted octanol–water partition coefficient (Wildman–Crippen LogP) is 5.02. The van der Waals surface area contributed by atoms with E-state index in [0.717, 1.165) is 52.5 Å². The van der Waals surface area contributed by atoms with E-state index in [-0.39, 0.29) is 5.78 Å². The van der Waals surface area contributed by atoms with Crippen molar-refractivity contribution in [3.63, 3.8) is 0 Å². The first kappa shape index (κ1) is 22.0. The van der Waals surface area contributed by atoms with Gasteiger partial charge in [0.05, 0.1) is 19.8 Å². The van der Waals surface area contributed by atoms with Crippen LogP contribution in [0.5, 0.6) is 23.0 Å². The number of Topliss-reactive ketones (excluding diaryl/α,β-unsaturated/α-hetero) is 1. The normalized spacial score (nSPS) is 16.0. The number of fused-ring (bicyclic) bond motifs is 2. The van der Waals surface area contributed by atoms with E-state index in [1.807, 2.05) is 55.5 Å². The van der Waals surface area contributed by atoms with Gasteiger partial charge in [0.25, 0.3) is 0 Å². The summed E-state index contributed by atoms with van der Waals surface area (Å²) in [4.78, 5) is 15.4. The van der Waals surface area contributed by atoms with Crippen LogP contribution in [0.15, 0.2) is 60.4 Å². The van der Waals surface area contributed by atoms with Crippen LogP contribution in [0.4, 0.5) is 0 Å². The zero-order valence-corrected chi connectivity index (χ0v) is 19.6. The van der Waals surface area contributed by atoms with E-state index in [2.05, 4.69) is 11.0 Å². The highest BCUT2D eigenvalue weighted by Gasteiger charge is 2.33. The molecule has 34 heavy (non-hydrogen) atoms. The molecule has 0 bridgehead atoms. The van der Waals surface area contributed by atoms with Crippen LogP contribution in [-0.2, 0) is 13.0 Å². The molecule has 0 unspecified atom stereocenters. The average molecular weight is 458 g/mol. The second-order valence-corrected chi connectivity index (χ2v) is 8.47. The van der Waals surface area contributed by atoms with Crippen molar-refractivity contribution in [1.82, 2.24) is 4.90 Å². The van der Waals surface area contributed by atoms with Gasteiger partial charge in [0.15, 0.2) is 5.76 Å². The van der Waals surface area contributed by atoms with Gasteiger partial charge in [-0.1, -0.05) is 30.3 Å². The summed E-state index contributed by atoms with van der Waals surface area (Å²) in [5, 5.41) is 0. The molecular formula is C28H27NO5. The Morgan fingerprint density at radius 1 is 1.03 bits per heavy atom. The van der Waals surface area contributed by atoms with Crippen molar-refractivity contribution in [3.05, 3.63) is 88.2 Å². The first-order chi connectivity index (χ1) is 16.6. The minimum atomic E-state index is -0.116. The second kappa shape index (κ2) is 9.23. The number of para-hydroxylation sites is 1. The average Bonchev–Trinajstić information content (AvgIpc) is 3.18. The molecule has 2 aliphatic heterocycles. The van der Waals surface area contributed by atoms with Crippen molar-refractivity contribution in [3.8, 4) is 23.0 Å². The molecule has 0 aliphatic carbocycles. The number of methoxy groups -OCH3 is 2. The van der Waals surface area contributed by atoms with Gasteiger partial charge in [-0.25, -0.2) is 0 Å². The SMILES string of the molecule is COc1cccc(/C=C2\Oc3c(cc4c(c3C)OCN(CCc3ccccc3OC)C4)C2=O)c1. The van der Waals surface area contributed by atoms with Crippen LogP contribution < -0.4 is 18.9 Å². The number of carbonyl (C=O) groups excluding carboxylic acids is 1. The Balaban J connectivity index is 1.36. The van der Waals surface area contributed by atoms with Gasteiger partial charge in [0, 0.05) is 24.2 Å². The molecule has 0 fully saturated rings. The zero-order chi connectivity index (χ0) is 23.7. The lowest BCUT2D eigenvalue weighted by molar-refractivity contribution is 0.0952. The van der Waals surface area contributed by atoms with Crippen molar-refractivity contribution in [1.29, 1.82) is 0 Å². The Bertz CT molecular complexity index is 1280. The van der Waals surface area contributed by atoms with Crippen molar-refractivity contribution >= 4 is 11.9 Å². The first-order valence-corrected chi connectivity index (χ1v) is 11.3. The first-order valence-electron chi connectivity index (χ1n) is 11.3. The Hall–Kier alpha value is -3.77. The molecule has 174 valence electrons. The summed E-state index contributed by atoms with van der Waals surface area (Å²) >= 11 is 0. The molecule has 0 spiro atoms. The topological polar surface area (TPSA) is 57.2 Å². The zero-order valence-electron chi connectivity index (χ0n) is 19.6. The fourth-order valence-electron chi connectivity index (χ4n) is 4.51. The molecule has 0 radical (unpaired) electrons. The summed E-state index contributed by atoms with van der Waals surface area (Å²) in [5.74, 6) is 3.21. The fraction of sp³-hybridized carbons (Fsp3) is 0.250. The molecule has 3 aromatic rings. The molecule has 0 N–H and O–H groups in total. The Labute approximate surface area is 199 Å². The Morgan fingerprint density at radius 2 is 1.88 bits per heavy atom. The molecule has 0 saturated heterocycles. The quantitative estimate of drug-likeness (QED) is 0.485. The number of hydrogen-bond donors (Lipinski definition) is 0. The van der Waals surface area contributed by atoms with Crippen LogP contribution in [0.1, 0.15) is 32.6 Å². The highest BCUT2D eigenvalue weighted by atomic mass is 16.5. The standard InChI is InChI=1S/C28H27NO5/c1-18-27-21(16-29(17-33-27)12-11-20-8-4-5-10-24(20)32-3)15-23-26(30)25(34-28(18)23)14-19-7-6-9-22(13-19)31-2/h4-10,13-15H,11-12,16-17H2,1-3H3/b25-14-. The van der Waals surface area contributed by atoms with Gasteiger partial charge in [-0.3, -0.25) is 9.69 Å². The fourth-order valence-corrected chi connectivity index (χ4v) is 4.51. The maximum atomic E-state index is 13.2. The van der Waals surface area contributed by atoms with Crippen LogP contribution in [0, 0.1) is 6.92 Å². The number of ketones is 1. The number of allylic oxidation sites excluding steroid dienone is 1.